The number of hydrogen-bond donors (Lipinski definition) is 3. The number of pyridine rings is 1. The molecule has 0 bridgehead atoms. The van der Waals surface area contributed by atoms with Gasteiger partial charge in [0.05, 0.1) is 28.3 Å². The molecule has 0 aliphatic carbocycles. The van der Waals surface area contributed by atoms with E-state index in [2.05, 4.69) is 32.3 Å². The summed E-state index contributed by atoms with van der Waals surface area (Å²) in [5.41, 5.74) is 4.08. The van der Waals surface area contributed by atoms with E-state index in [9.17, 15) is 4.79 Å². The third-order valence-corrected chi connectivity index (χ3v) is 7.06. The van der Waals surface area contributed by atoms with Crippen LogP contribution in [0.15, 0.2) is 54.6 Å². The third kappa shape index (κ3) is 5.26. The fourth-order valence-corrected chi connectivity index (χ4v) is 4.79. The lowest BCUT2D eigenvalue weighted by Gasteiger charge is -2.24. The summed E-state index contributed by atoms with van der Waals surface area (Å²) in [7, 11) is 0. The molecule has 3 heterocycles. The number of amides is 1. The molecule has 5 rings (SSSR count). The Hall–Kier alpha value is -3.62. The van der Waals surface area contributed by atoms with E-state index in [1.807, 2.05) is 44.2 Å². The molecule has 1 saturated heterocycles. The van der Waals surface area contributed by atoms with Crippen LogP contribution in [-0.4, -0.2) is 52.2 Å². The minimum Gasteiger partial charge on any atom is -0.426 e. The second-order valence-corrected chi connectivity index (χ2v) is 10.1. The first-order valence-electron chi connectivity index (χ1n) is 12.4. The summed E-state index contributed by atoms with van der Waals surface area (Å²) in [6.45, 7) is 5.99. The van der Waals surface area contributed by atoms with E-state index >= 15 is 0 Å². The van der Waals surface area contributed by atoms with E-state index in [0.717, 1.165) is 24.2 Å². The molecule has 8 nitrogen and oxygen atoms in total. The summed E-state index contributed by atoms with van der Waals surface area (Å²) < 4.78 is 5.93. The maximum Gasteiger partial charge on any atom is 0.301 e. The predicted octanol–water partition coefficient (Wildman–Crippen LogP) is 5.06. The molecular weight excluding hydrogens is 490 g/mol. The van der Waals surface area contributed by atoms with Gasteiger partial charge in [0.1, 0.15) is 5.75 Å². The van der Waals surface area contributed by atoms with Crippen molar-refractivity contribution in [2.75, 3.05) is 31.1 Å². The highest BCUT2D eigenvalue weighted by atomic mass is 35.5. The van der Waals surface area contributed by atoms with Gasteiger partial charge >= 0.3 is 6.01 Å². The lowest BCUT2D eigenvalue weighted by atomic mass is 9.83. The molecule has 0 unspecified atom stereocenters. The minimum absolute atomic E-state index is 0.0985. The van der Waals surface area contributed by atoms with Crippen LogP contribution in [-0.2, 0) is 10.2 Å². The van der Waals surface area contributed by atoms with Crippen molar-refractivity contribution >= 4 is 34.4 Å². The van der Waals surface area contributed by atoms with E-state index in [4.69, 9.17) is 26.4 Å². The fourth-order valence-electron chi connectivity index (χ4n) is 4.52. The van der Waals surface area contributed by atoms with Crippen LogP contribution in [0.2, 0.25) is 5.02 Å². The monoisotopic (exact) mass is 519 g/mol. The Kier molecular flexibility index (Phi) is 7.04. The zero-order valence-corrected chi connectivity index (χ0v) is 21.7. The van der Waals surface area contributed by atoms with Gasteiger partial charge in [-0.3, -0.25) is 4.79 Å². The second kappa shape index (κ2) is 10.4. The molecule has 1 amide bonds. The molecule has 4 aromatic rings. The van der Waals surface area contributed by atoms with Crippen molar-refractivity contribution < 1.29 is 14.6 Å². The lowest BCUT2D eigenvalue weighted by Crippen LogP contribution is -2.41. The Bertz CT molecular complexity index is 1390. The van der Waals surface area contributed by atoms with Crippen molar-refractivity contribution in [3.05, 3.63) is 65.2 Å². The van der Waals surface area contributed by atoms with Gasteiger partial charge in [0.25, 0.3) is 0 Å². The first kappa shape index (κ1) is 25.0. The number of ether oxygens (including phenoxy) is 1. The topological polar surface area (TPSA) is 103 Å². The first-order chi connectivity index (χ1) is 17.8. The Morgan fingerprint density at radius 1 is 1.11 bits per heavy atom. The van der Waals surface area contributed by atoms with Gasteiger partial charge in [0.15, 0.2) is 5.65 Å². The highest BCUT2D eigenvalue weighted by molar-refractivity contribution is 6.33. The van der Waals surface area contributed by atoms with Crippen LogP contribution < -0.4 is 15.0 Å². The molecule has 1 aliphatic heterocycles. The van der Waals surface area contributed by atoms with Crippen LogP contribution >= 0.6 is 11.6 Å². The molecule has 0 radical (unpaired) electrons. The molecule has 192 valence electrons. The number of fused-ring (bicyclic) bond motifs is 1. The lowest BCUT2D eigenvalue weighted by molar-refractivity contribution is -0.125. The summed E-state index contributed by atoms with van der Waals surface area (Å²) in [4.78, 5) is 27.2. The number of rotatable bonds is 8. The highest BCUT2D eigenvalue weighted by Gasteiger charge is 2.29. The van der Waals surface area contributed by atoms with Crippen LogP contribution in [0.4, 0.5) is 5.69 Å². The largest absolute Gasteiger partial charge is 0.426 e. The van der Waals surface area contributed by atoms with Crippen LogP contribution in [0, 0.1) is 0 Å². The molecule has 0 saturated carbocycles. The Labute approximate surface area is 220 Å². The minimum atomic E-state index is -0.753. The van der Waals surface area contributed by atoms with Gasteiger partial charge in [-0.1, -0.05) is 35.9 Å². The predicted molar refractivity (Wildman–Crippen MR) is 145 cm³/mol. The van der Waals surface area contributed by atoms with Gasteiger partial charge in [-0.05, 0) is 62.6 Å². The molecular formula is C28H30ClN5O3. The van der Waals surface area contributed by atoms with E-state index in [-0.39, 0.29) is 19.1 Å². The summed E-state index contributed by atoms with van der Waals surface area (Å²) >= 11 is 6.58. The second-order valence-electron chi connectivity index (χ2n) is 9.70. The molecule has 9 heteroatoms. The fraction of sp³-hybridized carbons (Fsp3) is 0.321. The van der Waals surface area contributed by atoms with Crippen LogP contribution in [0.25, 0.3) is 22.4 Å². The van der Waals surface area contributed by atoms with Crippen molar-refractivity contribution in [1.82, 2.24) is 20.3 Å². The SMILES string of the molecule is CC(C)(C(=O)NCCO)c1ccc(Oc2nc3nc(-c4ccc(N5CCCC5)cc4)c(Cl)cc3[nH]2)cc1. The summed E-state index contributed by atoms with van der Waals surface area (Å²) in [6.07, 6.45) is 2.47. The average Bonchev–Trinajstić information content (AvgIpc) is 3.57. The van der Waals surface area contributed by atoms with Crippen molar-refractivity contribution in [2.24, 2.45) is 0 Å². The number of aliphatic hydroxyl groups is 1. The van der Waals surface area contributed by atoms with Gasteiger partial charge < -0.3 is 25.0 Å². The number of anilines is 1. The molecule has 0 atom stereocenters. The first-order valence-corrected chi connectivity index (χ1v) is 12.8. The number of H-pyrrole nitrogens is 1. The number of carbonyl (C=O) groups is 1. The van der Waals surface area contributed by atoms with Gasteiger partial charge in [-0.2, -0.15) is 4.98 Å². The van der Waals surface area contributed by atoms with Crippen molar-refractivity contribution in [2.45, 2.75) is 32.1 Å². The Balaban J connectivity index is 1.32. The number of hydrogen-bond acceptors (Lipinski definition) is 6. The zero-order chi connectivity index (χ0) is 26.0. The quantitative estimate of drug-likeness (QED) is 0.301. The van der Waals surface area contributed by atoms with Crippen molar-refractivity contribution in [1.29, 1.82) is 0 Å². The van der Waals surface area contributed by atoms with E-state index in [0.29, 0.717) is 33.6 Å². The number of aliphatic hydroxyl groups excluding tert-OH is 1. The standard InChI is InChI=1S/C28H30ClN5O3/c1-28(2,26(36)30-13-16-35)19-7-11-21(12-8-19)37-27-31-23-17-22(29)24(32-25(23)33-27)18-5-9-20(10-6-18)34-14-3-4-15-34/h5-12,17,35H,3-4,13-16H2,1-2H3,(H,30,36)(H,31,32,33). The van der Waals surface area contributed by atoms with E-state index in [1.54, 1.807) is 12.1 Å². The van der Waals surface area contributed by atoms with E-state index < -0.39 is 5.41 Å². The maximum absolute atomic E-state index is 12.4. The number of nitrogens with zero attached hydrogens (tertiary/aromatic N) is 3. The Morgan fingerprint density at radius 2 is 1.81 bits per heavy atom. The average molecular weight is 520 g/mol. The van der Waals surface area contributed by atoms with Crippen LogP contribution in [0.5, 0.6) is 11.8 Å². The van der Waals surface area contributed by atoms with Gasteiger partial charge in [0.2, 0.25) is 5.91 Å². The highest BCUT2D eigenvalue weighted by Crippen LogP contribution is 2.32. The summed E-state index contributed by atoms with van der Waals surface area (Å²) in [6, 6.07) is 17.7. The number of imidazole rings is 1. The number of carbonyl (C=O) groups excluding carboxylic acids is 1. The van der Waals surface area contributed by atoms with E-state index in [1.165, 1.54) is 18.5 Å². The molecule has 2 aromatic heterocycles. The number of benzene rings is 2. The van der Waals surface area contributed by atoms with Gasteiger partial charge in [-0.15, -0.1) is 0 Å². The zero-order valence-electron chi connectivity index (χ0n) is 20.9. The number of aromatic nitrogens is 3. The smallest absolute Gasteiger partial charge is 0.301 e. The van der Waals surface area contributed by atoms with Gasteiger partial charge in [-0.25, -0.2) is 4.98 Å². The van der Waals surface area contributed by atoms with Crippen molar-refractivity contribution in [3.63, 3.8) is 0 Å². The molecule has 37 heavy (non-hydrogen) atoms. The third-order valence-electron chi connectivity index (χ3n) is 6.77. The normalized spacial score (nSPS) is 13.8. The molecule has 0 spiro atoms. The molecule has 3 N–H and O–H groups in total. The number of aromatic amines is 1. The Morgan fingerprint density at radius 3 is 2.49 bits per heavy atom. The molecule has 1 fully saturated rings. The van der Waals surface area contributed by atoms with Crippen LogP contribution in [0.1, 0.15) is 32.3 Å². The molecule has 2 aromatic carbocycles. The summed E-state index contributed by atoms with van der Waals surface area (Å²) in [5.74, 6) is 0.412. The van der Waals surface area contributed by atoms with Crippen LogP contribution in [0.3, 0.4) is 0 Å². The van der Waals surface area contributed by atoms with Gasteiger partial charge in [0, 0.05) is 30.9 Å². The summed E-state index contributed by atoms with van der Waals surface area (Å²) in [5, 5.41) is 12.2. The number of nitrogens with one attached hydrogen (secondary N) is 2. The van der Waals surface area contributed by atoms with Crippen molar-refractivity contribution in [3.8, 4) is 23.0 Å². The molecule has 1 aliphatic rings. The maximum atomic E-state index is 12.4. The number of halogens is 1.